The number of carboxylic acid groups (broad SMARTS) is 1. The van der Waals surface area contributed by atoms with Crippen molar-refractivity contribution in [3.63, 3.8) is 0 Å². The van der Waals surface area contributed by atoms with Gasteiger partial charge in [-0.2, -0.15) is 5.10 Å². The lowest BCUT2D eigenvalue weighted by Crippen LogP contribution is -2.16. The molecule has 9 heteroatoms. The second kappa shape index (κ2) is 4.45. The van der Waals surface area contributed by atoms with Crippen LogP contribution in [0.15, 0.2) is 22.2 Å². The molecule has 0 spiro atoms. The van der Waals surface area contributed by atoms with E-state index in [1.165, 1.54) is 4.57 Å². The van der Waals surface area contributed by atoms with Gasteiger partial charge in [0.15, 0.2) is 11.0 Å². The van der Waals surface area contributed by atoms with Gasteiger partial charge in [0.25, 0.3) is 0 Å². The maximum atomic E-state index is 11.5. The molecule has 2 rings (SSSR count). The van der Waals surface area contributed by atoms with Crippen LogP contribution in [0.5, 0.6) is 0 Å². The highest BCUT2D eigenvalue weighted by molar-refractivity contribution is 7.99. The molecule has 0 fully saturated rings. The van der Waals surface area contributed by atoms with Gasteiger partial charge in [0.2, 0.25) is 0 Å². The van der Waals surface area contributed by atoms with E-state index in [1.807, 2.05) is 0 Å². The minimum atomic E-state index is -0.974. The van der Waals surface area contributed by atoms with Crippen LogP contribution in [0.3, 0.4) is 0 Å². The topological polar surface area (TPSA) is 106 Å². The van der Waals surface area contributed by atoms with Crippen LogP contribution in [0.2, 0.25) is 0 Å². The fraction of sp³-hybridized carbons (Fsp3) is 0.250. The lowest BCUT2D eigenvalue weighted by molar-refractivity contribution is -0.133. The van der Waals surface area contributed by atoms with Crippen molar-refractivity contribution in [2.45, 2.75) is 5.16 Å². The summed E-state index contributed by atoms with van der Waals surface area (Å²) >= 11 is 0.952. The number of aryl methyl sites for hydroxylation is 1. The van der Waals surface area contributed by atoms with E-state index in [0.717, 1.165) is 11.8 Å². The molecule has 0 unspecified atom stereocenters. The third-order valence-electron chi connectivity index (χ3n) is 1.89. The standard InChI is InChI=1S/C8H9N5O3S/c1-12-3-2-5(11-12)13-7(16)9-10-8(13)17-4-6(14)15/h2-3H,4H2,1H3,(H,9,16)(H,14,15). The average Bonchev–Trinajstić information content (AvgIpc) is 2.82. The van der Waals surface area contributed by atoms with E-state index in [-0.39, 0.29) is 10.9 Å². The van der Waals surface area contributed by atoms with Crippen molar-refractivity contribution in [2.75, 3.05) is 5.75 Å². The number of nitrogens with zero attached hydrogens (tertiary/aromatic N) is 4. The molecule has 0 aliphatic carbocycles. The number of hydrogen-bond donors (Lipinski definition) is 2. The van der Waals surface area contributed by atoms with E-state index >= 15 is 0 Å². The molecule has 0 aromatic carbocycles. The van der Waals surface area contributed by atoms with Gasteiger partial charge in [-0.1, -0.05) is 11.8 Å². The third kappa shape index (κ3) is 2.38. The van der Waals surface area contributed by atoms with E-state index in [2.05, 4.69) is 15.3 Å². The normalized spacial score (nSPS) is 10.6. The number of carbonyl (C=O) groups is 1. The van der Waals surface area contributed by atoms with Gasteiger partial charge < -0.3 is 5.11 Å². The third-order valence-corrected chi connectivity index (χ3v) is 2.82. The molecular weight excluding hydrogens is 246 g/mol. The van der Waals surface area contributed by atoms with Crippen molar-refractivity contribution in [3.05, 3.63) is 22.7 Å². The Kier molecular flexibility index (Phi) is 3.00. The highest BCUT2D eigenvalue weighted by atomic mass is 32.2. The minimum Gasteiger partial charge on any atom is -0.481 e. The highest BCUT2D eigenvalue weighted by Gasteiger charge is 2.14. The molecule has 0 saturated carbocycles. The van der Waals surface area contributed by atoms with E-state index in [4.69, 9.17) is 5.11 Å². The van der Waals surface area contributed by atoms with Crippen molar-refractivity contribution in [2.24, 2.45) is 7.05 Å². The molecular formula is C8H9N5O3S. The van der Waals surface area contributed by atoms with Gasteiger partial charge in [-0.05, 0) is 0 Å². The van der Waals surface area contributed by atoms with Gasteiger partial charge >= 0.3 is 11.7 Å². The first-order valence-corrected chi connectivity index (χ1v) is 5.58. The van der Waals surface area contributed by atoms with Crippen LogP contribution >= 0.6 is 11.8 Å². The minimum absolute atomic E-state index is 0.170. The fourth-order valence-corrected chi connectivity index (χ4v) is 1.90. The van der Waals surface area contributed by atoms with E-state index in [0.29, 0.717) is 5.82 Å². The van der Waals surface area contributed by atoms with Gasteiger partial charge in [-0.3, -0.25) is 9.48 Å². The monoisotopic (exact) mass is 255 g/mol. The Balaban J connectivity index is 2.36. The second-order valence-corrected chi connectivity index (χ2v) is 4.12. The smallest absolute Gasteiger partial charge is 0.349 e. The molecule has 8 nitrogen and oxygen atoms in total. The summed E-state index contributed by atoms with van der Waals surface area (Å²) in [4.78, 5) is 22.0. The van der Waals surface area contributed by atoms with Crippen LogP contribution in [0.1, 0.15) is 0 Å². The van der Waals surface area contributed by atoms with Crippen LogP contribution in [0, 0.1) is 0 Å². The Hall–Kier alpha value is -2.03. The van der Waals surface area contributed by atoms with Crippen LogP contribution in [-0.4, -0.2) is 41.4 Å². The fourth-order valence-electron chi connectivity index (χ4n) is 1.23. The average molecular weight is 255 g/mol. The second-order valence-electron chi connectivity index (χ2n) is 3.18. The van der Waals surface area contributed by atoms with E-state index < -0.39 is 11.7 Å². The number of hydrogen-bond acceptors (Lipinski definition) is 5. The maximum Gasteiger partial charge on any atom is 0.349 e. The Morgan fingerprint density at radius 2 is 2.41 bits per heavy atom. The summed E-state index contributed by atoms with van der Waals surface area (Å²) in [6.45, 7) is 0. The summed E-state index contributed by atoms with van der Waals surface area (Å²) in [7, 11) is 1.72. The van der Waals surface area contributed by atoms with Gasteiger partial charge in [0.1, 0.15) is 0 Å². The first-order chi connectivity index (χ1) is 8.08. The zero-order valence-corrected chi connectivity index (χ0v) is 9.64. The molecule has 0 radical (unpaired) electrons. The largest absolute Gasteiger partial charge is 0.481 e. The van der Waals surface area contributed by atoms with Gasteiger partial charge in [0.05, 0.1) is 5.75 Å². The Morgan fingerprint density at radius 1 is 1.65 bits per heavy atom. The number of aliphatic carboxylic acids is 1. The molecule has 0 bridgehead atoms. The van der Waals surface area contributed by atoms with Gasteiger partial charge in [-0.15, -0.1) is 5.10 Å². The van der Waals surface area contributed by atoms with Gasteiger partial charge in [-0.25, -0.2) is 14.5 Å². The number of aromatic nitrogens is 5. The predicted octanol–water partition coefficient (Wildman–Crippen LogP) is -0.529. The van der Waals surface area contributed by atoms with Crippen LogP contribution < -0.4 is 5.69 Å². The number of aromatic amines is 1. The number of nitrogens with one attached hydrogen (secondary N) is 1. The van der Waals surface area contributed by atoms with E-state index in [9.17, 15) is 9.59 Å². The summed E-state index contributed by atoms with van der Waals surface area (Å²) in [5.41, 5.74) is -0.448. The van der Waals surface area contributed by atoms with Crippen LogP contribution in [0.4, 0.5) is 0 Å². The molecule has 17 heavy (non-hydrogen) atoms. The lowest BCUT2D eigenvalue weighted by Gasteiger charge is -1.99. The summed E-state index contributed by atoms with van der Waals surface area (Å²) < 4.78 is 2.77. The summed E-state index contributed by atoms with van der Waals surface area (Å²) in [5.74, 6) is -0.742. The molecule has 0 aliphatic heterocycles. The molecule has 0 amide bonds. The Morgan fingerprint density at radius 3 is 3.00 bits per heavy atom. The predicted molar refractivity (Wildman–Crippen MR) is 59.3 cm³/mol. The van der Waals surface area contributed by atoms with E-state index in [1.54, 1.807) is 24.0 Å². The number of rotatable bonds is 4. The first kappa shape index (κ1) is 11.5. The summed E-state index contributed by atoms with van der Waals surface area (Å²) in [6, 6.07) is 1.64. The summed E-state index contributed by atoms with van der Waals surface area (Å²) in [6.07, 6.45) is 1.68. The van der Waals surface area contributed by atoms with Crippen molar-refractivity contribution >= 4 is 17.7 Å². The van der Waals surface area contributed by atoms with Crippen molar-refractivity contribution in [1.29, 1.82) is 0 Å². The number of H-pyrrole nitrogens is 1. The molecule has 2 aromatic heterocycles. The zero-order valence-electron chi connectivity index (χ0n) is 8.82. The van der Waals surface area contributed by atoms with Gasteiger partial charge in [0, 0.05) is 19.3 Å². The Bertz CT molecular complexity index is 598. The van der Waals surface area contributed by atoms with Crippen molar-refractivity contribution in [1.82, 2.24) is 24.5 Å². The molecule has 2 N–H and O–H groups in total. The molecule has 2 aromatic rings. The highest BCUT2D eigenvalue weighted by Crippen LogP contribution is 2.15. The number of thioether (sulfide) groups is 1. The summed E-state index contributed by atoms with van der Waals surface area (Å²) in [5, 5.41) is 18.9. The molecule has 0 aliphatic rings. The van der Waals surface area contributed by atoms with Crippen LogP contribution in [0.25, 0.3) is 5.82 Å². The first-order valence-electron chi connectivity index (χ1n) is 4.60. The lowest BCUT2D eigenvalue weighted by atomic mass is 10.6. The number of carboxylic acids is 1. The zero-order chi connectivity index (χ0) is 12.4. The Labute approximate surface area is 99.3 Å². The van der Waals surface area contributed by atoms with Crippen molar-refractivity contribution in [3.8, 4) is 5.82 Å². The quantitative estimate of drug-likeness (QED) is 0.711. The molecule has 90 valence electrons. The molecule has 0 saturated heterocycles. The van der Waals surface area contributed by atoms with Crippen LogP contribution in [-0.2, 0) is 11.8 Å². The molecule has 2 heterocycles. The molecule has 0 atom stereocenters. The maximum absolute atomic E-state index is 11.5. The van der Waals surface area contributed by atoms with Crippen molar-refractivity contribution < 1.29 is 9.90 Å². The SMILES string of the molecule is Cn1ccc(-n2c(SCC(=O)O)n[nH]c2=O)n1.